The minimum Gasteiger partial charge on any atom is -0.462 e. The Labute approximate surface area is 438 Å². The second-order valence-corrected chi connectivity index (χ2v) is 19.5. The van der Waals surface area contributed by atoms with Crippen molar-refractivity contribution in [3.8, 4) is 0 Å². The molecule has 0 aromatic heterocycles. The summed E-state index contributed by atoms with van der Waals surface area (Å²) in [6.07, 6.45) is 78.3. The average molecular weight is 988 g/mol. The average Bonchev–Trinajstić information content (AvgIpc) is 3.37. The molecule has 1 atom stereocenters. The predicted molar refractivity (Wildman–Crippen MR) is 307 cm³/mol. The maximum atomic E-state index is 12.8. The Morgan fingerprint density at radius 3 is 0.930 bits per heavy atom. The van der Waals surface area contributed by atoms with Gasteiger partial charge in [0.05, 0.1) is 0 Å². The van der Waals surface area contributed by atoms with Crippen LogP contribution < -0.4 is 0 Å². The van der Waals surface area contributed by atoms with Gasteiger partial charge in [0.25, 0.3) is 0 Å². The molecule has 406 valence electrons. The third-order valence-corrected chi connectivity index (χ3v) is 12.5. The summed E-state index contributed by atoms with van der Waals surface area (Å²) in [6, 6.07) is 0. The van der Waals surface area contributed by atoms with Gasteiger partial charge in [-0.3, -0.25) is 14.4 Å². The van der Waals surface area contributed by atoms with Crippen molar-refractivity contribution in [2.45, 2.75) is 284 Å². The largest absolute Gasteiger partial charge is 0.462 e. The van der Waals surface area contributed by atoms with E-state index in [1.807, 2.05) is 0 Å². The lowest BCUT2D eigenvalue weighted by Gasteiger charge is -2.18. The van der Waals surface area contributed by atoms with Crippen molar-refractivity contribution in [3.63, 3.8) is 0 Å². The van der Waals surface area contributed by atoms with E-state index in [1.165, 1.54) is 109 Å². The van der Waals surface area contributed by atoms with E-state index in [0.717, 1.165) is 128 Å². The zero-order valence-electron chi connectivity index (χ0n) is 46.5. The minimum atomic E-state index is -0.789. The fourth-order valence-corrected chi connectivity index (χ4v) is 8.09. The number of unbranched alkanes of at least 4 members (excludes halogenated alkanes) is 26. The first-order valence-corrected chi connectivity index (χ1v) is 29.7. The number of ether oxygens (including phenoxy) is 3. The van der Waals surface area contributed by atoms with Crippen LogP contribution in [0.3, 0.4) is 0 Å². The smallest absolute Gasteiger partial charge is 0.306 e. The monoisotopic (exact) mass is 987 g/mol. The predicted octanol–water partition coefficient (Wildman–Crippen LogP) is 20.1. The van der Waals surface area contributed by atoms with Crippen LogP contribution in [-0.2, 0) is 28.6 Å². The molecule has 1 unspecified atom stereocenters. The quantitative estimate of drug-likeness (QED) is 0.0261. The molecular weight excluding hydrogens is 877 g/mol. The second-order valence-electron chi connectivity index (χ2n) is 19.5. The summed E-state index contributed by atoms with van der Waals surface area (Å²) in [5.41, 5.74) is 0. The van der Waals surface area contributed by atoms with Gasteiger partial charge in [0.1, 0.15) is 13.2 Å². The Bertz CT molecular complexity index is 1410. The SMILES string of the molecule is CC/C=C\C/C=C\C/C=C\C/C=C\C/C=C\CCCCCCCCCCCCCC(=O)OCC(COC(=O)CCCCCCC/C=C\CCCCCC)OC(=O)CCCCCCC/C=C\C/C=C\CCC. The van der Waals surface area contributed by atoms with Crippen LogP contribution >= 0.6 is 0 Å². The van der Waals surface area contributed by atoms with Crippen LogP contribution in [0.15, 0.2) is 97.2 Å². The molecule has 0 amide bonds. The first kappa shape index (κ1) is 67.3. The molecule has 71 heavy (non-hydrogen) atoms. The third-order valence-electron chi connectivity index (χ3n) is 12.5. The second kappa shape index (κ2) is 58.9. The van der Waals surface area contributed by atoms with Crippen molar-refractivity contribution in [1.82, 2.24) is 0 Å². The maximum Gasteiger partial charge on any atom is 0.306 e. The molecule has 0 saturated carbocycles. The van der Waals surface area contributed by atoms with Gasteiger partial charge < -0.3 is 14.2 Å². The molecule has 0 heterocycles. The summed E-state index contributed by atoms with van der Waals surface area (Å²) in [6.45, 7) is 6.43. The highest BCUT2D eigenvalue weighted by molar-refractivity contribution is 5.71. The molecule has 0 aliphatic carbocycles. The van der Waals surface area contributed by atoms with Gasteiger partial charge in [-0.05, 0) is 116 Å². The van der Waals surface area contributed by atoms with E-state index in [0.29, 0.717) is 19.3 Å². The van der Waals surface area contributed by atoms with Gasteiger partial charge in [0, 0.05) is 19.3 Å². The lowest BCUT2D eigenvalue weighted by molar-refractivity contribution is -0.167. The van der Waals surface area contributed by atoms with Gasteiger partial charge in [-0.1, -0.05) is 240 Å². The number of rotatable bonds is 53. The maximum absolute atomic E-state index is 12.8. The first-order valence-electron chi connectivity index (χ1n) is 29.7. The molecular formula is C65H110O6. The number of hydrogen-bond acceptors (Lipinski definition) is 6. The highest BCUT2D eigenvalue weighted by atomic mass is 16.6. The fourth-order valence-electron chi connectivity index (χ4n) is 8.09. The molecule has 0 aliphatic rings. The molecule has 0 bridgehead atoms. The van der Waals surface area contributed by atoms with E-state index in [1.54, 1.807) is 0 Å². The van der Waals surface area contributed by atoms with Crippen LogP contribution in [-0.4, -0.2) is 37.2 Å². The number of allylic oxidation sites excluding steroid dienone is 16. The van der Waals surface area contributed by atoms with E-state index >= 15 is 0 Å². The standard InChI is InChI=1S/C65H110O6/c1-4-7-10-13-16-19-22-25-26-27-28-29-30-31-32-33-34-35-36-37-38-41-43-46-49-52-55-58-64(67)70-61-62(71-65(68)59-56-53-50-47-44-40-24-21-18-15-12-9-6-3)60-69-63(66)57-54-51-48-45-42-39-23-20-17-14-11-8-5-2/h7,10,12,15-16,19-21,23-26,28-29,31-32,62H,4-6,8-9,11,13-14,17-18,22,27,30,33-61H2,1-3H3/b10-7-,15-12-,19-16-,23-20-,24-21-,26-25-,29-28-,32-31-. The number of carbonyl (C=O) groups is 3. The van der Waals surface area contributed by atoms with E-state index in [9.17, 15) is 14.4 Å². The van der Waals surface area contributed by atoms with Crippen molar-refractivity contribution >= 4 is 17.9 Å². The van der Waals surface area contributed by atoms with Crippen LogP contribution in [0.4, 0.5) is 0 Å². The van der Waals surface area contributed by atoms with Crippen molar-refractivity contribution in [2.24, 2.45) is 0 Å². The van der Waals surface area contributed by atoms with Gasteiger partial charge in [0.15, 0.2) is 6.10 Å². The van der Waals surface area contributed by atoms with Crippen LogP contribution in [0.25, 0.3) is 0 Å². The third kappa shape index (κ3) is 57.1. The van der Waals surface area contributed by atoms with E-state index < -0.39 is 6.10 Å². The summed E-state index contributed by atoms with van der Waals surface area (Å²) >= 11 is 0. The van der Waals surface area contributed by atoms with E-state index in [2.05, 4.69) is 118 Å². The zero-order valence-corrected chi connectivity index (χ0v) is 46.5. The Morgan fingerprint density at radius 2 is 0.577 bits per heavy atom. The lowest BCUT2D eigenvalue weighted by atomic mass is 10.0. The van der Waals surface area contributed by atoms with Crippen molar-refractivity contribution in [1.29, 1.82) is 0 Å². The number of carbonyl (C=O) groups excluding carboxylic acids is 3. The number of esters is 3. The summed E-state index contributed by atoms with van der Waals surface area (Å²) in [5.74, 6) is -0.909. The van der Waals surface area contributed by atoms with Crippen molar-refractivity contribution in [2.75, 3.05) is 13.2 Å². The lowest BCUT2D eigenvalue weighted by Crippen LogP contribution is -2.30. The van der Waals surface area contributed by atoms with Gasteiger partial charge in [0.2, 0.25) is 0 Å². The Hall–Kier alpha value is -3.67. The van der Waals surface area contributed by atoms with Gasteiger partial charge in [-0.2, -0.15) is 0 Å². The van der Waals surface area contributed by atoms with Crippen LogP contribution in [0.1, 0.15) is 278 Å². The molecule has 0 spiro atoms. The summed E-state index contributed by atoms with van der Waals surface area (Å²) < 4.78 is 16.8. The highest BCUT2D eigenvalue weighted by Gasteiger charge is 2.19. The summed E-state index contributed by atoms with van der Waals surface area (Å²) in [4.78, 5) is 38.1. The Balaban J connectivity index is 4.27. The number of hydrogen-bond donors (Lipinski definition) is 0. The van der Waals surface area contributed by atoms with Crippen LogP contribution in [0, 0.1) is 0 Å². The van der Waals surface area contributed by atoms with Crippen LogP contribution in [0.2, 0.25) is 0 Å². The fraction of sp³-hybridized carbons (Fsp3) is 0.708. The van der Waals surface area contributed by atoms with Crippen molar-refractivity contribution in [3.05, 3.63) is 97.2 Å². The molecule has 6 heteroatoms. The van der Waals surface area contributed by atoms with Gasteiger partial charge in [-0.15, -0.1) is 0 Å². The van der Waals surface area contributed by atoms with E-state index in [4.69, 9.17) is 14.2 Å². The minimum absolute atomic E-state index is 0.0870. The first-order chi connectivity index (χ1) is 35.0. The Kier molecular flexibility index (Phi) is 55.9. The van der Waals surface area contributed by atoms with Crippen molar-refractivity contribution < 1.29 is 28.6 Å². The highest BCUT2D eigenvalue weighted by Crippen LogP contribution is 2.15. The molecule has 0 aliphatic heterocycles. The van der Waals surface area contributed by atoms with Gasteiger partial charge >= 0.3 is 17.9 Å². The molecule has 0 radical (unpaired) electrons. The zero-order chi connectivity index (χ0) is 51.4. The summed E-state index contributed by atoms with van der Waals surface area (Å²) in [7, 11) is 0. The topological polar surface area (TPSA) is 78.9 Å². The molecule has 0 fully saturated rings. The molecule has 0 rings (SSSR count). The normalized spacial score (nSPS) is 12.8. The molecule has 0 saturated heterocycles. The van der Waals surface area contributed by atoms with Crippen LogP contribution in [0.5, 0.6) is 0 Å². The summed E-state index contributed by atoms with van der Waals surface area (Å²) in [5, 5.41) is 0. The van der Waals surface area contributed by atoms with E-state index in [-0.39, 0.29) is 31.1 Å². The Morgan fingerprint density at radius 1 is 0.296 bits per heavy atom. The molecule has 0 aromatic carbocycles. The molecule has 0 N–H and O–H groups in total. The molecule has 6 nitrogen and oxygen atoms in total. The van der Waals surface area contributed by atoms with Gasteiger partial charge in [-0.25, -0.2) is 0 Å². The molecule has 0 aromatic rings.